The highest BCUT2D eigenvalue weighted by Gasteiger charge is 2.15. The van der Waals surface area contributed by atoms with E-state index in [4.69, 9.17) is 19.5 Å². The summed E-state index contributed by atoms with van der Waals surface area (Å²) in [5, 5.41) is 11.6. The summed E-state index contributed by atoms with van der Waals surface area (Å²) in [4.78, 5) is 12.4. The van der Waals surface area contributed by atoms with Crippen LogP contribution in [0.5, 0.6) is 23.0 Å². The van der Waals surface area contributed by atoms with Crippen LogP contribution >= 0.6 is 0 Å². The van der Waals surface area contributed by atoms with E-state index in [0.717, 1.165) is 5.75 Å². The van der Waals surface area contributed by atoms with Crippen molar-refractivity contribution in [3.63, 3.8) is 0 Å². The van der Waals surface area contributed by atoms with Crippen molar-refractivity contribution in [3.05, 3.63) is 78.4 Å². The number of carbonyl (C=O) groups is 1. The van der Waals surface area contributed by atoms with Crippen molar-refractivity contribution in [2.45, 2.75) is 13.0 Å². The number of anilines is 1. The number of hydrogen-bond donors (Lipinski definition) is 1. The van der Waals surface area contributed by atoms with Crippen LogP contribution in [0.2, 0.25) is 0 Å². The molecule has 1 N–H and O–H groups in total. The Bertz CT molecular complexity index is 991. The number of hydrogen-bond acceptors (Lipinski definition) is 5. The highest BCUT2D eigenvalue weighted by Crippen LogP contribution is 2.24. The Kier molecular flexibility index (Phi) is 6.33. The van der Waals surface area contributed by atoms with E-state index in [9.17, 15) is 4.79 Å². The van der Waals surface area contributed by atoms with Gasteiger partial charge in [-0.15, -0.1) is 0 Å². The Morgan fingerprint density at radius 3 is 1.93 bits per heavy atom. The molecule has 0 unspecified atom stereocenters. The van der Waals surface area contributed by atoms with Crippen molar-refractivity contribution in [1.82, 2.24) is 0 Å². The molecular weight excluding hydrogens is 368 g/mol. The number of nitrogens with one attached hydrogen (secondary N) is 1. The molecule has 0 aliphatic rings. The Balaban J connectivity index is 1.55. The second kappa shape index (κ2) is 9.29. The molecule has 0 saturated carbocycles. The first-order valence-electron chi connectivity index (χ1n) is 8.97. The normalized spacial score (nSPS) is 11.1. The summed E-state index contributed by atoms with van der Waals surface area (Å²) in [6, 6.07) is 22.9. The monoisotopic (exact) mass is 388 g/mol. The van der Waals surface area contributed by atoms with E-state index in [0.29, 0.717) is 28.5 Å². The van der Waals surface area contributed by atoms with Crippen LogP contribution in [0, 0.1) is 11.3 Å². The molecule has 29 heavy (non-hydrogen) atoms. The maximum Gasteiger partial charge on any atom is 0.265 e. The molecule has 0 aliphatic heterocycles. The molecule has 3 rings (SSSR count). The lowest BCUT2D eigenvalue weighted by Gasteiger charge is -2.15. The second-order valence-electron chi connectivity index (χ2n) is 6.19. The van der Waals surface area contributed by atoms with E-state index in [-0.39, 0.29) is 5.91 Å². The molecule has 146 valence electrons. The van der Waals surface area contributed by atoms with Gasteiger partial charge < -0.3 is 19.5 Å². The maximum atomic E-state index is 12.4. The third-order valence-electron chi connectivity index (χ3n) is 4.08. The van der Waals surface area contributed by atoms with Gasteiger partial charge in [0, 0.05) is 5.69 Å². The van der Waals surface area contributed by atoms with Crippen molar-refractivity contribution in [2.24, 2.45) is 0 Å². The Hall–Kier alpha value is -3.98. The minimum Gasteiger partial charge on any atom is -0.497 e. The number of rotatable bonds is 7. The van der Waals surface area contributed by atoms with Crippen molar-refractivity contribution in [3.8, 4) is 29.1 Å². The molecule has 3 aromatic rings. The topological polar surface area (TPSA) is 80.6 Å². The maximum absolute atomic E-state index is 12.4. The van der Waals surface area contributed by atoms with Gasteiger partial charge in [0.15, 0.2) is 6.10 Å². The van der Waals surface area contributed by atoms with E-state index in [1.165, 1.54) is 0 Å². The number of benzene rings is 3. The molecule has 0 saturated heterocycles. The van der Waals surface area contributed by atoms with Crippen LogP contribution in [0.25, 0.3) is 0 Å². The summed E-state index contributed by atoms with van der Waals surface area (Å²) >= 11 is 0. The highest BCUT2D eigenvalue weighted by molar-refractivity contribution is 5.94. The molecular formula is C23H20N2O4. The van der Waals surface area contributed by atoms with E-state index in [1.54, 1.807) is 86.8 Å². The number of amides is 1. The molecule has 0 aliphatic carbocycles. The van der Waals surface area contributed by atoms with Gasteiger partial charge in [0.1, 0.15) is 23.0 Å². The number of ether oxygens (including phenoxy) is 3. The second-order valence-corrected chi connectivity index (χ2v) is 6.19. The lowest BCUT2D eigenvalue weighted by molar-refractivity contribution is -0.122. The zero-order valence-electron chi connectivity index (χ0n) is 16.1. The molecule has 1 atom stereocenters. The van der Waals surface area contributed by atoms with Crippen molar-refractivity contribution in [2.75, 3.05) is 12.4 Å². The van der Waals surface area contributed by atoms with Crippen LogP contribution in [-0.4, -0.2) is 19.1 Å². The van der Waals surface area contributed by atoms with Crippen LogP contribution in [0.3, 0.4) is 0 Å². The first kappa shape index (κ1) is 19.8. The van der Waals surface area contributed by atoms with Crippen molar-refractivity contribution in [1.29, 1.82) is 5.26 Å². The largest absolute Gasteiger partial charge is 0.497 e. The standard InChI is InChI=1S/C23H20N2O4/c1-16(28-20-13-11-19(27-2)12-14-20)23(26)25-18-5-9-22(10-6-18)29-21-7-3-17(15-24)4-8-21/h3-14,16H,1-2H3,(H,25,26)/t16-/m1/s1. The van der Waals surface area contributed by atoms with Crippen LogP contribution in [0.4, 0.5) is 5.69 Å². The fourth-order valence-electron chi connectivity index (χ4n) is 2.50. The predicted octanol–water partition coefficient (Wildman–Crippen LogP) is 4.77. The molecule has 6 heteroatoms. The van der Waals surface area contributed by atoms with Crippen molar-refractivity contribution < 1.29 is 19.0 Å². The molecule has 0 fully saturated rings. The smallest absolute Gasteiger partial charge is 0.265 e. The Morgan fingerprint density at radius 1 is 0.862 bits per heavy atom. The molecule has 0 bridgehead atoms. The fraction of sp³-hybridized carbons (Fsp3) is 0.130. The molecule has 3 aromatic carbocycles. The predicted molar refractivity (Wildman–Crippen MR) is 109 cm³/mol. The van der Waals surface area contributed by atoms with Crippen LogP contribution in [0.15, 0.2) is 72.8 Å². The van der Waals surface area contributed by atoms with Gasteiger partial charge in [0.25, 0.3) is 5.91 Å². The first-order valence-corrected chi connectivity index (χ1v) is 8.97. The highest BCUT2D eigenvalue weighted by atomic mass is 16.5. The zero-order chi connectivity index (χ0) is 20.6. The SMILES string of the molecule is COc1ccc(O[C@H](C)C(=O)Nc2ccc(Oc3ccc(C#N)cc3)cc2)cc1. The minimum absolute atomic E-state index is 0.262. The van der Waals surface area contributed by atoms with Crippen LogP contribution < -0.4 is 19.5 Å². The van der Waals surface area contributed by atoms with E-state index in [1.807, 2.05) is 0 Å². The third-order valence-corrected chi connectivity index (χ3v) is 4.08. The number of methoxy groups -OCH3 is 1. The molecule has 0 radical (unpaired) electrons. The quantitative estimate of drug-likeness (QED) is 0.631. The van der Waals surface area contributed by atoms with Crippen LogP contribution in [0.1, 0.15) is 12.5 Å². The van der Waals surface area contributed by atoms with Crippen LogP contribution in [-0.2, 0) is 4.79 Å². The van der Waals surface area contributed by atoms with Gasteiger partial charge in [-0.3, -0.25) is 4.79 Å². The molecule has 0 spiro atoms. The summed E-state index contributed by atoms with van der Waals surface area (Å²) in [6.07, 6.45) is -0.669. The number of nitriles is 1. The van der Waals surface area contributed by atoms with Gasteiger partial charge in [-0.1, -0.05) is 0 Å². The number of carbonyl (C=O) groups excluding carboxylic acids is 1. The van der Waals surface area contributed by atoms with Crippen molar-refractivity contribution >= 4 is 11.6 Å². The van der Waals surface area contributed by atoms with Gasteiger partial charge in [-0.25, -0.2) is 0 Å². The lowest BCUT2D eigenvalue weighted by atomic mass is 10.2. The van der Waals surface area contributed by atoms with Gasteiger partial charge in [-0.2, -0.15) is 5.26 Å². The lowest BCUT2D eigenvalue weighted by Crippen LogP contribution is -2.30. The molecule has 0 heterocycles. The molecule has 1 amide bonds. The van der Waals surface area contributed by atoms with E-state index >= 15 is 0 Å². The minimum atomic E-state index is -0.669. The van der Waals surface area contributed by atoms with E-state index in [2.05, 4.69) is 11.4 Å². The summed E-state index contributed by atoms with van der Waals surface area (Å²) in [6.45, 7) is 1.68. The first-order chi connectivity index (χ1) is 14.1. The fourth-order valence-corrected chi connectivity index (χ4v) is 2.50. The summed E-state index contributed by atoms with van der Waals surface area (Å²) < 4.78 is 16.5. The average Bonchev–Trinajstić information content (AvgIpc) is 2.76. The Morgan fingerprint density at radius 2 is 1.38 bits per heavy atom. The zero-order valence-corrected chi connectivity index (χ0v) is 16.1. The summed E-state index contributed by atoms with van der Waals surface area (Å²) in [5.41, 5.74) is 1.20. The van der Waals surface area contributed by atoms with Gasteiger partial charge in [-0.05, 0) is 79.7 Å². The van der Waals surface area contributed by atoms with E-state index < -0.39 is 6.10 Å². The number of nitrogens with zero attached hydrogens (tertiary/aromatic N) is 1. The molecule has 6 nitrogen and oxygen atoms in total. The van der Waals surface area contributed by atoms with Gasteiger partial charge >= 0.3 is 0 Å². The third kappa shape index (κ3) is 5.50. The summed E-state index contributed by atoms with van der Waals surface area (Å²) in [5.74, 6) is 2.29. The summed E-state index contributed by atoms with van der Waals surface area (Å²) in [7, 11) is 1.59. The molecule has 0 aromatic heterocycles. The van der Waals surface area contributed by atoms with Gasteiger partial charge in [0.2, 0.25) is 0 Å². The Labute approximate surface area is 169 Å². The average molecular weight is 388 g/mol. The van der Waals surface area contributed by atoms with Gasteiger partial charge in [0.05, 0.1) is 18.7 Å².